The Morgan fingerprint density at radius 2 is 1.27 bits per heavy atom. The lowest BCUT2D eigenvalue weighted by molar-refractivity contribution is -0.133. The van der Waals surface area contributed by atoms with Gasteiger partial charge in [0.05, 0.1) is 11.8 Å². The maximum Gasteiger partial charge on any atom is 0.231 e. The van der Waals surface area contributed by atoms with Crippen LogP contribution in [-0.2, 0) is 23.7 Å². The van der Waals surface area contributed by atoms with E-state index in [-0.39, 0.29) is 23.7 Å². The summed E-state index contributed by atoms with van der Waals surface area (Å²) in [6.45, 7) is 0. The van der Waals surface area contributed by atoms with E-state index < -0.39 is 0 Å². The number of carbonyl (C=O) groups excluding carboxylic acids is 2. The number of carbonyl (C=O) groups is 2. The molecular formula is C18H26N6O2. The Bertz CT molecular complexity index is 729. The van der Waals surface area contributed by atoms with E-state index in [1.165, 1.54) is 0 Å². The smallest absolute Gasteiger partial charge is 0.231 e. The van der Waals surface area contributed by atoms with Crippen LogP contribution in [0.1, 0.15) is 25.7 Å². The van der Waals surface area contributed by atoms with Gasteiger partial charge in [-0.15, -0.1) is 0 Å². The summed E-state index contributed by atoms with van der Waals surface area (Å²) in [4.78, 5) is 29.3. The molecule has 2 aromatic heterocycles. The van der Waals surface area contributed by atoms with E-state index in [0.29, 0.717) is 11.6 Å². The van der Waals surface area contributed by atoms with Gasteiger partial charge < -0.3 is 0 Å². The van der Waals surface area contributed by atoms with Crippen molar-refractivity contribution in [2.24, 2.45) is 25.9 Å². The summed E-state index contributed by atoms with van der Waals surface area (Å²) in [7, 11) is 7.08. The summed E-state index contributed by atoms with van der Waals surface area (Å²) in [6, 6.07) is 3.61. The van der Waals surface area contributed by atoms with Crippen molar-refractivity contribution >= 4 is 23.5 Å². The van der Waals surface area contributed by atoms with Crippen molar-refractivity contribution in [1.29, 1.82) is 0 Å². The van der Waals surface area contributed by atoms with E-state index in [0.717, 1.165) is 25.7 Å². The molecule has 0 spiro atoms. The fourth-order valence-electron chi connectivity index (χ4n) is 3.61. The third-order valence-electron chi connectivity index (χ3n) is 5.15. The molecule has 26 heavy (non-hydrogen) atoms. The summed E-state index contributed by atoms with van der Waals surface area (Å²) in [5, 5.41) is 8.59. The van der Waals surface area contributed by atoms with Gasteiger partial charge in [-0.1, -0.05) is 12.8 Å². The number of aromatic nitrogens is 4. The quantitative estimate of drug-likeness (QED) is 0.832. The Kier molecular flexibility index (Phi) is 5.11. The molecule has 0 N–H and O–H groups in total. The van der Waals surface area contributed by atoms with Crippen molar-refractivity contribution in [2.45, 2.75) is 25.7 Å². The largest absolute Gasteiger partial charge is 0.298 e. The van der Waals surface area contributed by atoms with Gasteiger partial charge in [-0.25, -0.2) is 0 Å². The first-order valence-electron chi connectivity index (χ1n) is 8.93. The lowest BCUT2D eigenvalue weighted by atomic mass is 9.77. The van der Waals surface area contributed by atoms with Crippen LogP contribution in [0.3, 0.4) is 0 Å². The number of hydrogen-bond acceptors (Lipinski definition) is 4. The zero-order chi connectivity index (χ0) is 18.8. The first-order valence-corrected chi connectivity index (χ1v) is 8.93. The zero-order valence-electron chi connectivity index (χ0n) is 15.8. The Labute approximate surface area is 153 Å². The van der Waals surface area contributed by atoms with E-state index in [2.05, 4.69) is 10.2 Å². The van der Waals surface area contributed by atoms with Crippen LogP contribution in [0.4, 0.5) is 11.6 Å². The molecule has 0 unspecified atom stereocenters. The Morgan fingerprint density at radius 1 is 0.885 bits per heavy atom. The van der Waals surface area contributed by atoms with Gasteiger partial charge in [0.1, 0.15) is 0 Å². The molecule has 0 radical (unpaired) electrons. The van der Waals surface area contributed by atoms with E-state index >= 15 is 0 Å². The van der Waals surface area contributed by atoms with Crippen molar-refractivity contribution in [2.75, 3.05) is 23.9 Å². The highest BCUT2D eigenvalue weighted by molar-refractivity contribution is 6.00. The van der Waals surface area contributed by atoms with Crippen molar-refractivity contribution in [1.82, 2.24) is 19.6 Å². The predicted molar refractivity (Wildman–Crippen MR) is 98.7 cm³/mol. The number of anilines is 2. The Hall–Kier alpha value is -2.64. The standard InChI is InChI=1S/C18H26N6O2/c1-21-11-9-15(19-21)23(3)17(25)13-7-5-6-8-14(13)18(26)24(4)16-10-12-22(2)20-16/h9-14H,5-8H2,1-4H3/t13-,14-/m1/s1. The van der Waals surface area contributed by atoms with Crippen molar-refractivity contribution in [3.63, 3.8) is 0 Å². The van der Waals surface area contributed by atoms with Crippen LogP contribution in [0, 0.1) is 11.8 Å². The van der Waals surface area contributed by atoms with Crippen LogP contribution >= 0.6 is 0 Å². The van der Waals surface area contributed by atoms with Crippen molar-refractivity contribution < 1.29 is 9.59 Å². The lowest BCUT2D eigenvalue weighted by Gasteiger charge is -2.33. The monoisotopic (exact) mass is 358 g/mol. The molecule has 1 saturated carbocycles. The highest BCUT2D eigenvalue weighted by atomic mass is 16.2. The molecule has 1 fully saturated rings. The molecule has 1 aliphatic carbocycles. The molecule has 0 saturated heterocycles. The Balaban J connectivity index is 1.78. The van der Waals surface area contributed by atoms with Gasteiger partial charge in [0.15, 0.2) is 11.6 Å². The fraction of sp³-hybridized carbons (Fsp3) is 0.556. The van der Waals surface area contributed by atoms with Crippen LogP contribution < -0.4 is 9.80 Å². The molecule has 0 aliphatic heterocycles. The molecule has 2 amide bonds. The molecule has 0 bridgehead atoms. The minimum absolute atomic E-state index is 0.0452. The number of amides is 2. The summed E-state index contributed by atoms with van der Waals surface area (Å²) >= 11 is 0. The maximum absolute atomic E-state index is 13.1. The molecule has 2 heterocycles. The first kappa shape index (κ1) is 18.2. The number of rotatable bonds is 4. The van der Waals surface area contributed by atoms with Crippen molar-refractivity contribution in [3.8, 4) is 0 Å². The number of nitrogens with zero attached hydrogens (tertiary/aromatic N) is 6. The molecule has 8 heteroatoms. The molecule has 2 aromatic rings. The topological polar surface area (TPSA) is 76.3 Å². The van der Waals surface area contributed by atoms with Gasteiger partial charge in [-0.2, -0.15) is 10.2 Å². The molecular weight excluding hydrogens is 332 g/mol. The minimum Gasteiger partial charge on any atom is -0.298 e. The minimum atomic E-state index is -0.325. The molecule has 3 rings (SSSR count). The van der Waals surface area contributed by atoms with E-state index in [9.17, 15) is 9.59 Å². The van der Waals surface area contributed by atoms with Crippen molar-refractivity contribution in [3.05, 3.63) is 24.5 Å². The van der Waals surface area contributed by atoms with Gasteiger partial charge in [-0.05, 0) is 12.8 Å². The Morgan fingerprint density at radius 3 is 1.58 bits per heavy atom. The van der Waals surface area contributed by atoms with Crippen LogP contribution in [-0.4, -0.2) is 45.5 Å². The second-order valence-electron chi connectivity index (χ2n) is 6.99. The fourth-order valence-corrected chi connectivity index (χ4v) is 3.61. The highest BCUT2D eigenvalue weighted by Gasteiger charge is 2.39. The molecule has 1 aliphatic rings. The van der Waals surface area contributed by atoms with E-state index in [4.69, 9.17) is 0 Å². The average molecular weight is 358 g/mol. The summed E-state index contributed by atoms with van der Waals surface area (Å²) in [5.41, 5.74) is 0. The number of hydrogen-bond donors (Lipinski definition) is 0. The third-order valence-corrected chi connectivity index (χ3v) is 5.15. The summed E-state index contributed by atoms with van der Waals surface area (Å²) in [6.07, 6.45) is 6.98. The van der Waals surface area contributed by atoms with Gasteiger partial charge in [0.25, 0.3) is 0 Å². The second-order valence-corrected chi connectivity index (χ2v) is 6.99. The van der Waals surface area contributed by atoms with Crippen LogP contribution in [0.25, 0.3) is 0 Å². The maximum atomic E-state index is 13.1. The second kappa shape index (κ2) is 7.31. The zero-order valence-corrected chi connectivity index (χ0v) is 15.8. The van der Waals surface area contributed by atoms with E-state index in [1.807, 2.05) is 14.1 Å². The van der Waals surface area contributed by atoms with E-state index in [1.54, 1.807) is 57.8 Å². The summed E-state index contributed by atoms with van der Waals surface area (Å²) in [5.74, 6) is 0.468. The number of aryl methyl sites for hydroxylation is 2. The normalized spacial score (nSPS) is 20.0. The van der Waals surface area contributed by atoms with Gasteiger partial charge in [0.2, 0.25) is 11.8 Å². The lowest BCUT2D eigenvalue weighted by Crippen LogP contribution is -2.45. The highest BCUT2D eigenvalue weighted by Crippen LogP contribution is 2.34. The van der Waals surface area contributed by atoms with Gasteiger partial charge in [0, 0.05) is 52.7 Å². The first-order chi connectivity index (χ1) is 12.4. The van der Waals surface area contributed by atoms with Crippen LogP contribution in [0.2, 0.25) is 0 Å². The van der Waals surface area contributed by atoms with Gasteiger partial charge >= 0.3 is 0 Å². The molecule has 140 valence electrons. The molecule has 8 nitrogen and oxygen atoms in total. The van der Waals surface area contributed by atoms with Crippen LogP contribution in [0.5, 0.6) is 0 Å². The molecule has 0 aromatic carbocycles. The predicted octanol–water partition coefficient (Wildman–Crippen LogP) is 1.59. The SMILES string of the molecule is CN(C(=O)[C@@H]1CCCC[C@H]1C(=O)N(C)c1ccn(C)n1)c1ccn(C)n1. The van der Waals surface area contributed by atoms with Gasteiger partial charge in [-0.3, -0.25) is 28.8 Å². The third kappa shape index (κ3) is 3.49. The average Bonchev–Trinajstić information content (AvgIpc) is 3.27. The summed E-state index contributed by atoms with van der Waals surface area (Å²) < 4.78 is 3.33. The molecule has 2 atom stereocenters. The van der Waals surface area contributed by atoms with Crippen LogP contribution in [0.15, 0.2) is 24.5 Å².